The Hall–Kier alpha value is -4.89. The van der Waals surface area contributed by atoms with Gasteiger partial charge in [0.1, 0.15) is 23.1 Å². The van der Waals surface area contributed by atoms with Crippen LogP contribution in [0, 0.1) is 29.8 Å². The molecule has 12 heteroatoms. The first-order chi connectivity index (χ1) is 22.7. The quantitative estimate of drug-likeness (QED) is 0.252. The first-order valence-electron chi connectivity index (χ1n) is 15.6. The Morgan fingerprint density at radius 3 is 2.43 bits per heavy atom. The Bertz CT molecular complexity index is 1850. The summed E-state index contributed by atoms with van der Waals surface area (Å²) in [5.74, 6) is 0.531. The first-order valence-corrected chi connectivity index (χ1v) is 15.6. The molecule has 3 fully saturated rings. The van der Waals surface area contributed by atoms with Crippen molar-refractivity contribution in [2.45, 2.75) is 50.3 Å². The van der Waals surface area contributed by atoms with E-state index in [1.807, 2.05) is 4.90 Å². The predicted octanol–water partition coefficient (Wildman–Crippen LogP) is 5.63. The summed E-state index contributed by atoms with van der Waals surface area (Å²) in [6, 6.07) is 10.2. The van der Waals surface area contributed by atoms with Crippen molar-refractivity contribution in [3.8, 4) is 12.3 Å². The second kappa shape index (κ2) is 12.4. The van der Waals surface area contributed by atoms with E-state index in [1.165, 1.54) is 18.3 Å². The Labute approximate surface area is 269 Å². The van der Waals surface area contributed by atoms with Crippen LogP contribution in [-0.4, -0.2) is 75.2 Å². The Balaban J connectivity index is 0.908. The summed E-state index contributed by atoms with van der Waals surface area (Å²) in [5, 5.41) is 4.98. The highest BCUT2D eigenvalue weighted by Crippen LogP contribution is 2.35. The van der Waals surface area contributed by atoms with Gasteiger partial charge < -0.3 is 14.2 Å². The van der Waals surface area contributed by atoms with E-state index < -0.39 is 23.3 Å². The van der Waals surface area contributed by atoms with Gasteiger partial charge >= 0.3 is 6.09 Å². The Morgan fingerprint density at radius 1 is 1.00 bits per heavy atom. The first kappa shape index (κ1) is 30.7. The fraction of sp³-hybridized carbons (Fsp3) is 0.371. The van der Waals surface area contributed by atoms with Crippen LogP contribution >= 0.6 is 0 Å². The number of carbonyl (C=O) groups is 2. The average Bonchev–Trinajstić information content (AvgIpc) is 3.63. The molecule has 3 saturated heterocycles. The molecule has 5 heterocycles. The molecule has 0 atom stereocenters. The number of fused-ring (bicyclic) bond motifs is 1. The molecule has 2 aromatic heterocycles. The smallest absolute Gasteiger partial charge is 0.410 e. The Kier molecular flexibility index (Phi) is 8.09. The third kappa shape index (κ3) is 6.15. The highest BCUT2D eigenvalue weighted by molar-refractivity contribution is 5.94. The molecule has 3 aliphatic rings. The van der Waals surface area contributed by atoms with Gasteiger partial charge in [0.05, 0.1) is 30.0 Å². The lowest BCUT2D eigenvalue weighted by molar-refractivity contribution is -0.00165. The number of carbonyl (C=O) groups excluding carboxylic acids is 2. The molecule has 3 aliphatic heterocycles. The van der Waals surface area contributed by atoms with Crippen LogP contribution in [0.3, 0.4) is 0 Å². The molecule has 0 unspecified atom stereocenters. The topological polar surface area (TPSA) is 92.0 Å². The second-order valence-electron chi connectivity index (χ2n) is 12.6. The van der Waals surface area contributed by atoms with Crippen LogP contribution in [-0.2, 0) is 17.8 Å². The fourth-order valence-electron chi connectivity index (χ4n) is 6.86. The lowest BCUT2D eigenvalue weighted by Gasteiger charge is -2.37. The van der Waals surface area contributed by atoms with Crippen LogP contribution in [0.25, 0.3) is 11.0 Å². The van der Waals surface area contributed by atoms with Crippen molar-refractivity contribution < 1.29 is 32.0 Å². The van der Waals surface area contributed by atoms with Crippen LogP contribution in [0.1, 0.15) is 64.5 Å². The number of ether oxygens (including phenoxy) is 1. The summed E-state index contributed by atoms with van der Waals surface area (Å²) in [7, 11) is 0. The maximum absolute atomic E-state index is 14.5. The number of pyridine rings is 1. The van der Waals surface area contributed by atoms with Gasteiger partial charge in [-0.2, -0.15) is 0 Å². The molecule has 7 rings (SSSR count). The summed E-state index contributed by atoms with van der Waals surface area (Å²) < 4.78 is 53.6. The number of amides is 2. The van der Waals surface area contributed by atoms with Gasteiger partial charge in [-0.05, 0) is 49.2 Å². The number of rotatable bonds is 6. The van der Waals surface area contributed by atoms with Crippen molar-refractivity contribution in [2.75, 3.05) is 32.7 Å². The van der Waals surface area contributed by atoms with Crippen LogP contribution < -0.4 is 0 Å². The maximum Gasteiger partial charge on any atom is 0.410 e. The number of benzene rings is 2. The summed E-state index contributed by atoms with van der Waals surface area (Å²) in [5.41, 5.74) is 1.76. The summed E-state index contributed by atoms with van der Waals surface area (Å²) in [6.45, 7) is 2.83. The van der Waals surface area contributed by atoms with Crippen LogP contribution in [0.15, 0.2) is 53.2 Å². The molecular formula is C35H32F3N5O4. The van der Waals surface area contributed by atoms with E-state index in [2.05, 4.69) is 16.1 Å². The zero-order chi connectivity index (χ0) is 32.7. The molecule has 242 valence electrons. The summed E-state index contributed by atoms with van der Waals surface area (Å²) in [4.78, 5) is 35.8. The summed E-state index contributed by atoms with van der Waals surface area (Å²) in [6.07, 6.45) is 8.85. The van der Waals surface area contributed by atoms with Crippen molar-refractivity contribution in [1.29, 1.82) is 0 Å². The number of likely N-dealkylation sites (tertiary alicyclic amines) is 2. The van der Waals surface area contributed by atoms with E-state index in [0.29, 0.717) is 75.2 Å². The summed E-state index contributed by atoms with van der Waals surface area (Å²) >= 11 is 0. The molecule has 0 bridgehead atoms. The zero-order valence-corrected chi connectivity index (χ0v) is 25.6. The van der Waals surface area contributed by atoms with E-state index in [-0.39, 0.29) is 41.9 Å². The number of hydrogen-bond acceptors (Lipinski definition) is 7. The predicted molar refractivity (Wildman–Crippen MR) is 165 cm³/mol. The highest BCUT2D eigenvalue weighted by Gasteiger charge is 2.47. The molecule has 9 nitrogen and oxygen atoms in total. The van der Waals surface area contributed by atoms with Gasteiger partial charge in [0.25, 0.3) is 5.91 Å². The molecule has 0 saturated carbocycles. The third-order valence-electron chi connectivity index (χ3n) is 9.55. The molecule has 2 aromatic carbocycles. The van der Waals surface area contributed by atoms with Crippen LogP contribution in [0.2, 0.25) is 0 Å². The minimum Gasteiger partial charge on any atom is -0.441 e. The van der Waals surface area contributed by atoms with E-state index >= 15 is 0 Å². The normalized spacial score (nSPS) is 18.6. The molecule has 0 N–H and O–H groups in total. The van der Waals surface area contributed by atoms with E-state index in [4.69, 9.17) is 15.7 Å². The van der Waals surface area contributed by atoms with Crippen molar-refractivity contribution >= 4 is 23.0 Å². The standard InChI is InChI=1S/C35H32F3N5O4/c1-2-22-15-29(37)28(30(38)16-22)20-41-13-9-35(10-14-41)21-43(34(45)46-35)19-26-5-3-24(18-39-26)33(44)42-11-7-23(8-12-42)32-27-6-4-25(36)17-31(27)47-40-32/h1,3-6,15-18,23H,7-14,19-21H2. The van der Waals surface area contributed by atoms with Gasteiger partial charge in [-0.15, -0.1) is 6.42 Å². The van der Waals surface area contributed by atoms with E-state index in [0.717, 1.165) is 23.2 Å². The second-order valence-corrected chi connectivity index (χ2v) is 12.6. The van der Waals surface area contributed by atoms with Crippen LogP contribution in [0.4, 0.5) is 18.0 Å². The largest absolute Gasteiger partial charge is 0.441 e. The minimum atomic E-state index is -0.672. The number of halogens is 3. The van der Waals surface area contributed by atoms with Crippen LogP contribution in [0.5, 0.6) is 0 Å². The lowest BCUT2D eigenvalue weighted by atomic mass is 9.91. The average molecular weight is 644 g/mol. The monoisotopic (exact) mass is 643 g/mol. The van der Waals surface area contributed by atoms with Crippen molar-refractivity contribution in [3.63, 3.8) is 0 Å². The lowest BCUT2D eigenvalue weighted by Crippen LogP contribution is -2.46. The van der Waals surface area contributed by atoms with Gasteiger partial charge in [0.15, 0.2) is 5.58 Å². The van der Waals surface area contributed by atoms with Crippen molar-refractivity contribution in [3.05, 3.63) is 94.2 Å². The van der Waals surface area contributed by atoms with Gasteiger partial charge in [-0.1, -0.05) is 11.1 Å². The third-order valence-corrected chi connectivity index (χ3v) is 9.55. The highest BCUT2D eigenvalue weighted by atomic mass is 19.1. The number of nitrogens with zero attached hydrogens (tertiary/aromatic N) is 5. The maximum atomic E-state index is 14.5. The minimum absolute atomic E-state index is 0.0263. The molecule has 4 aromatic rings. The molecule has 2 amide bonds. The molecule has 0 radical (unpaired) electrons. The van der Waals surface area contributed by atoms with Gasteiger partial charge in [0.2, 0.25) is 0 Å². The number of aromatic nitrogens is 2. The molecule has 0 aliphatic carbocycles. The Morgan fingerprint density at radius 2 is 1.74 bits per heavy atom. The van der Waals surface area contributed by atoms with Gasteiger partial charge in [0, 0.05) is 80.3 Å². The molecule has 47 heavy (non-hydrogen) atoms. The number of terminal acetylenes is 1. The number of hydrogen-bond donors (Lipinski definition) is 0. The van der Waals surface area contributed by atoms with Gasteiger partial charge in [-0.3, -0.25) is 19.6 Å². The number of piperidine rings is 2. The van der Waals surface area contributed by atoms with Gasteiger partial charge in [-0.25, -0.2) is 18.0 Å². The zero-order valence-electron chi connectivity index (χ0n) is 25.6. The van der Waals surface area contributed by atoms with E-state index in [1.54, 1.807) is 28.0 Å². The molecular weight excluding hydrogens is 611 g/mol. The van der Waals surface area contributed by atoms with Crippen molar-refractivity contribution in [1.82, 2.24) is 24.8 Å². The SMILES string of the molecule is C#Cc1cc(F)c(CN2CCC3(CC2)CN(Cc2ccc(C(=O)N4CCC(c5noc6cc(F)ccc56)CC4)cn2)C(=O)O3)c(F)c1. The van der Waals surface area contributed by atoms with Crippen molar-refractivity contribution in [2.24, 2.45) is 0 Å². The van der Waals surface area contributed by atoms with E-state index in [9.17, 15) is 22.8 Å². The fourth-order valence-corrected chi connectivity index (χ4v) is 6.86. The molecule has 1 spiro atoms.